The number of halogens is 2. The zero-order chi connectivity index (χ0) is 13.2. The highest BCUT2D eigenvalue weighted by Gasteiger charge is 2.29. The molecule has 1 aromatic carbocycles. The van der Waals surface area contributed by atoms with Crippen molar-refractivity contribution >= 4 is 23.2 Å². The molecule has 1 aliphatic heterocycles. The number of nitrogens with zero attached hydrogens (tertiary/aromatic N) is 1. The summed E-state index contributed by atoms with van der Waals surface area (Å²) in [6.07, 6.45) is 1.12. The summed E-state index contributed by atoms with van der Waals surface area (Å²) in [6.45, 7) is 8.41. The number of rotatable bonds is 3. The predicted molar refractivity (Wildman–Crippen MR) is 78.4 cm³/mol. The average molecular weight is 287 g/mol. The van der Waals surface area contributed by atoms with Crippen LogP contribution >= 0.6 is 23.2 Å². The number of hydrogen-bond donors (Lipinski definition) is 1. The quantitative estimate of drug-likeness (QED) is 0.914. The van der Waals surface area contributed by atoms with Crippen LogP contribution in [0.4, 0.5) is 0 Å². The molecule has 0 bridgehead atoms. The van der Waals surface area contributed by atoms with Gasteiger partial charge in [0.2, 0.25) is 0 Å². The second-order valence-corrected chi connectivity index (χ2v) is 6.07. The van der Waals surface area contributed by atoms with Crippen molar-refractivity contribution in [2.75, 3.05) is 19.6 Å². The van der Waals surface area contributed by atoms with Crippen LogP contribution in [0.15, 0.2) is 18.2 Å². The number of piperazine rings is 1. The number of benzene rings is 1. The largest absolute Gasteiger partial charge is 0.309 e. The van der Waals surface area contributed by atoms with E-state index < -0.39 is 0 Å². The van der Waals surface area contributed by atoms with Crippen LogP contribution in [-0.4, -0.2) is 30.1 Å². The van der Waals surface area contributed by atoms with E-state index in [0.29, 0.717) is 0 Å². The van der Waals surface area contributed by atoms with Crippen molar-refractivity contribution in [2.45, 2.75) is 32.4 Å². The van der Waals surface area contributed by atoms with Gasteiger partial charge in [-0.05, 0) is 25.5 Å². The predicted octanol–water partition coefficient (Wildman–Crippen LogP) is 3.57. The van der Waals surface area contributed by atoms with Crippen molar-refractivity contribution in [3.63, 3.8) is 0 Å². The van der Waals surface area contributed by atoms with Crippen LogP contribution in [0.5, 0.6) is 0 Å². The lowest BCUT2D eigenvalue weighted by Gasteiger charge is -2.41. The van der Waals surface area contributed by atoms with E-state index in [1.54, 1.807) is 0 Å². The molecule has 100 valence electrons. The molecule has 18 heavy (non-hydrogen) atoms. The molecule has 0 amide bonds. The van der Waals surface area contributed by atoms with Gasteiger partial charge in [0, 0.05) is 47.3 Å². The van der Waals surface area contributed by atoms with Gasteiger partial charge in [0.1, 0.15) is 0 Å². The Morgan fingerprint density at radius 3 is 2.61 bits per heavy atom. The standard InChI is InChI=1S/C14H20Cl2N2/c1-3-14(2)10-18(8-7-17-14)9-11-12(15)5-4-6-13(11)16/h4-6,17H,3,7-10H2,1-2H3. The minimum atomic E-state index is 0.200. The normalized spacial score (nSPS) is 25.3. The van der Waals surface area contributed by atoms with E-state index in [1.807, 2.05) is 18.2 Å². The minimum absolute atomic E-state index is 0.200. The van der Waals surface area contributed by atoms with Gasteiger partial charge in [-0.25, -0.2) is 0 Å². The van der Waals surface area contributed by atoms with E-state index in [9.17, 15) is 0 Å². The van der Waals surface area contributed by atoms with Crippen LogP contribution in [0, 0.1) is 0 Å². The first-order valence-corrected chi connectivity index (χ1v) is 7.20. The van der Waals surface area contributed by atoms with Crippen LogP contribution in [0.2, 0.25) is 10.0 Å². The van der Waals surface area contributed by atoms with Gasteiger partial charge in [-0.15, -0.1) is 0 Å². The topological polar surface area (TPSA) is 15.3 Å². The Bertz CT molecular complexity index is 402. The number of nitrogens with one attached hydrogen (secondary N) is 1. The first kappa shape index (κ1) is 14.1. The third-order valence-corrected chi connectivity index (χ3v) is 4.48. The van der Waals surface area contributed by atoms with E-state index >= 15 is 0 Å². The zero-order valence-corrected chi connectivity index (χ0v) is 12.5. The van der Waals surface area contributed by atoms with Crippen LogP contribution in [0.25, 0.3) is 0 Å². The lowest BCUT2D eigenvalue weighted by molar-refractivity contribution is 0.134. The Balaban J connectivity index is 2.10. The highest BCUT2D eigenvalue weighted by atomic mass is 35.5. The van der Waals surface area contributed by atoms with Crippen molar-refractivity contribution in [1.82, 2.24) is 10.2 Å². The fraction of sp³-hybridized carbons (Fsp3) is 0.571. The van der Waals surface area contributed by atoms with Gasteiger partial charge in [0.15, 0.2) is 0 Å². The molecule has 0 radical (unpaired) electrons. The molecule has 0 saturated carbocycles. The monoisotopic (exact) mass is 286 g/mol. The van der Waals surface area contributed by atoms with E-state index in [2.05, 4.69) is 24.1 Å². The van der Waals surface area contributed by atoms with Crippen molar-refractivity contribution in [2.24, 2.45) is 0 Å². The Morgan fingerprint density at radius 1 is 1.33 bits per heavy atom. The second-order valence-electron chi connectivity index (χ2n) is 5.25. The molecule has 1 fully saturated rings. The van der Waals surface area contributed by atoms with Crippen LogP contribution in [-0.2, 0) is 6.54 Å². The van der Waals surface area contributed by atoms with Gasteiger partial charge >= 0.3 is 0 Å². The molecule has 1 saturated heterocycles. The molecule has 0 spiro atoms. The SMILES string of the molecule is CCC1(C)CN(Cc2c(Cl)cccc2Cl)CCN1. The lowest BCUT2D eigenvalue weighted by Crippen LogP contribution is -2.58. The first-order chi connectivity index (χ1) is 8.54. The molecule has 4 heteroatoms. The minimum Gasteiger partial charge on any atom is -0.309 e. The van der Waals surface area contributed by atoms with E-state index in [0.717, 1.165) is 48.2 Å². The third-order valence-electron chi connectivity index (χ3n) is 3.78. The molecule has 1 unspecified atom stereocenters. The molecule has 1 aliphatic rings. The van der Waals surface area contributed by atoms with Gasteiger partial charge < -0.3 is 5.32 Å². The van der Waals surface area contributed by atoms with Gasteiger partial charge in [-0.1, -0.05) is 36.2 Å². The Labute approximate surface area is 119 Å². The maximum atomic E-state index is 6.23. The fourth-order valence-corrected chi connectivity index (χ4v) is 2.94. The molecule has 0 aromatic heterocycles. The van der Waals surface area contributed by atoms with Gasteiger partial charge in [-0.3, -0.25) is 4.90 Å². The van der Waals surface area contributed by atoms with Crippen molar-refractivity contribution in [1.29, 1.82) is 0 Å². The summed E-state index contributed by atoms with van der Waals surface area (Å²) in [4.78, 5) is 2.42. The summed E-state index contributed by atoms with van der Waals surface area (Å²) >= 11 is 12.5. The number of hydrogen-bond acceptors (Lipinski definition) is 2. The Kier molecular flexibility index (Phi) is 4.54. The summed E-state index contributed by atoms with van der Waals surface area (Å²) in [5, 5.41) is 5.11. The highest BCUT2D eigenvalue weighted by Crippen LogP contribution is 2.27. The first-order valence-electron chi connectivity index (χ1n) is 6.44. The van der Waals surface area contributed by atoms with Gasteiger partial charge in [0.25, 0.3) is 0 Å². The molecule has 2 nitrogen and oxygen atoms in total. The zero-order valence-electron chi connectivity index (χ0n) is 11.0. The average Bonchev–Trinajstić information content (AvgIpc) is 2.34. The second kappa shape index (κ2) is 5.79. The van der Waals surface area contributed by atoms with Crippen molar-refractivity contribution < 1.29 is 0 Å². The summed E-state index contributed by atoms with van der Waals surface area (Å²) < 4.78 is 0. The summed E-state index contributed by atoms with van der Waals surface area (Å²) in [5.74, 6) is 0. The van der Waals surface area contributed by atoms with E-state index in [-0.39, 0.29) is 5.54 Å². The molecule has 1 aromatic rings. The molecule has 1 heterocycles. The maximum Gasteiger partial charge on any atom is 0.0465 e. The maximum absolute atomic E-state index is 6.23. The summed E-state index contributed by atoms with van der Waals surface area (Å²) in [5.41, 5.74) is 1.24. The molecule has 1 atom stereocenters. The Morgan fingerprint density at radius 2 is 2.00 bits per heavy atom. The van der Waals surface area contributed by atoms with Crippen LogP contribution in [0.3, 0.4) is 0 Å². The molecule has 1 N–H and O–H groups in total. The van der Waals surface area contributed by atoms with Crippen LogP contribution < -0.4 is 5.32 Å². The lowest BCUT2D eigenvalue weighted by atomic mass is 9.95. The highest BCUT2D eigenvalue weighted by molar-refractivity contribution is 6.35. The van der Waals surface area contributed by atoms with Crippen LogP contribution in [0.1, 0.15) is 25.8 Å². The fourth-order valence-electron chi connectivity index (χ4n) is 2.42. The van der Waals surface area contributed by atoms with Gasteiger partial charge in [-0.2, -0.15) is 0 Å². The Hall–Kier alpha value is -0.280. The summed E-state index contributed by atoms with van der Waals surface area (Å²) in [6, 6.07) is 5.70. The van der Waals surface area contributed by atoms with E-state index in [1.165, 1.54) is 0 Å². The van der Waals surface area contributed by atoms with Crippen molar-refractivity contribution in [3.05, 3.63) is 33.8 Å². The smallest absolute Gasteiger partial charge is 0.0465 e. The molecular formula is C14H20Cl2N2. The molecule has 0 aliphatic carbocycles. The molecular weight excluding hydrogens is 267 g/mol. The third kappa shape index (κ3) is 3.18. The van der Waals surface area contributed by atoms with Crippen molar-refractivity contribution in [3.8, 4) is 0 Å². The molecule has 2 rings (SSSR count). The van der Waals surface area contributed by atoms with E-state index in [4.69, 9.17) is 23.2 Å². The summed E-state index contributed by atoms with van der Waals surface area (Å²) in [7, 11) is 0. The van der Waals surface area contributed by atoms with Gasteiger partial charge in [0.05, 0.1) is 0 Å².